The molecule has 1 N–H and O–H groups in total. The number of amides is 1. The fourth-order valence-corrected chi connectivity index (χ4v) is 4.19. The Morgan fingerprint density at radius 3 is 2.47 bits per heavy atom. The minimum absolute atomic E-state index is 0.401. The number of rotatable bonds is 3. The van der Waals surface area contributed by atoms with Crippen molar-refractivity contribution >= 4 is 38.6 Å². The van der Waals surface area contributed by atoms with Crippen molar-refractivity contribution in [1.82, 2.24) is 4.57 Å². The van der Waals surface area contributed by atoms with Gasteiger partial charge in [0.25, 0.3) is 0 Å². The summed E-state index contributed by atoms with van der Waals surface area (Å²) in [6.07, 6.45) is 2.96. The van der Waals surface area contributed by atoms with Crippen LogP contribution in [0.15, 0.2) is 46.9 Å². The zero-order chi connectivity index (χ0) is 21.5. The molecule has 1 aliphatic rings. The Hall–Kier alpha value is -2.78. The number of benzene rings is 2. The van der Waals surface area contributed by atoms with Crippen LogP contribution < -0.4 is 5.32 Å². The van der Waals surface area contributed by atoms with E-state index in [1.807, 2.05) is 57.2 Å². The molecule has 3 aromatic rings. The summed E-state index contributed by atoms with van der Waals surface area (Å²) >= 11 is 3.57. The van der Waals surface area contributed by atoms with Gasteiger partial charge < -0.3 is 9.30 Å². The molecular weight excluding hydrogens is 442 g/mol. The van der Waals surface area contributed by atoms with E-state index in [1.54, 1.807) is 0 Å². The molecule has 2 aromatic carbocycles. The van der Waals surface area contributed by atoms with Crippen LogP contribution in [0, 0.1) is 11.3 Å². The zero-order valence-electron chi connectivity index (χ0n) is 17.3. The molecule has 154 valence electrons. The molecule has 0 unspecified atom stereocenters. The molecule has 0 bridgehead atoms. The molecule has 0 saturated heterocycles. The van der Waals surface area contributed by atoms with Crippen LogP contribution >= 0.6 is 15.9 Å². The summed E-state index contributed by atoms with van der Waals surface area (Å²) < 4.78 is 8.63. The van der Waals surface area contributed by atoms with Crippen molar-refractivity contribution in [3.05, 3.63) is 52.5 Å². The number of nitriles is 1. The first-order chi connectivity index (χ1) is 14.3. The van der Waals surface area contributed by atoms with Gasteiger partial charge in [-0.15, -0.1) is 0 Å². The van der Waals surface area contributed by atoms with Crippen LogP contribution in [0.5, 0.6) is 0 Å². The van der Waals surface area contributed by atoms with Crippen molar-refractivity contribution < 1.29 is 9.53 Å². The molecule has 1 fully saturated rings. The van der Waals surface area contributed by atoms with Crippen molar-refractivity contribution in [3.63, 3.8) is 0 Å². The number of carbonyl (C=O) groups excluding carboxylic acids is 1. The Bertz CT molecular complexity index is 1150. The molecule has 1 aliphatic carbocycles. The predicted octanol–water partition coefficient (Wildman–Crippen LogP) is 7.01. The first-order valence-electron chi connectivity index (χ1n) is 10.1. The lowest BCUT2D eigenvalue weighted by Crippen LogP contribution is -2.27. The smallest absolute Gasteiger partial charge is 0.412 e. The molecule has 1 aromatic heterocycles. The molecule has 30 heavy (non-hydrogen) atoms. The Morgan fingerprint density at radius 1 is 1.20 bits per heavy atom. The number of hydrogen-bond donors (Lipinski definition) is 1. The largest absolute Gasteiger partial charge is 0.444 e. The van der Waals surface area contributed by atoms with E-state index in [4.69, 9.17) is 4.74 Å². The SMILES string of the molecule is CC(C)(C)OC(=O)Nc1ccc(-c2c(C#N)c3ccc(Br)cc3n2C2CCC2)cc1. The van der Waals surface area contributed by atoms with Crippen LogP contribution in [0.1, 0.15) is 51.6 Å². The molecule has 0 aliphatic heterocycles. The summed E-state index contributed by atoms with van der Waals surface area (Å²) in [5.41, 5.74) is 3.78. The van der Waals surface area contributed by atoms with Gasteiger partial charge in [-0.2, -0.15) is 5.26 Å². The van der Waals surface area contributed by atoms with Crippen LogP contribution in [0.3, 0.4) is 0 Å². The lowest BCUT2D eigenvalue weighted by atomic mass is 9.92. The maximum absolute atomic E-state index is 12.0. The average Bonchev–Trinajstić information content (AvgIpc) is 2.93. The molecule has 5 nitrogen and oxygen atoms in total. The summed E-state index contributed by atoms with van der Waals surface area (Å²) in [6.45, 7) is 5.49. The molecule has 1 saturated carbocycles. The van der Waals surface area contributed by atoms with Crippen LogP contribution in [0.2, 0.25) is 0 Å². The van der Waals surface area contributed by atoms with Gasteiger partial charge >= 0.3 is 6.09 Å². The van der Waals surface area contributed by atoms with Gasteiger partial charge in [0.2, 0.25) is 0 Å². The quantitative estimate of drug-likeness (QED) is 0.451. The number of halogens is 1. The maximum Gasteiger partial charge on any atom is 0.412 e. The van der Waals surface area contributed by atoms with E-state index in [0.29, 0.717) is 17.3 Å². The molecule has 0 radical (unpaired) electrons. The van der Waals surface area contributed by atoms with E-state index in [1.165, 1.54) is 6.42 Å². The molecule has 6 heteroatoms. The summed E-state index contributed by atoms with van der Waals surface area (Å²) in [5, 5.41) is 13.7. The Balaban J connectivity index is 1.74. The highest BCUT2D eigenvalue weighted by molar-refractivity contribution is 9.10. The van der Waals surface area contributed by atoms with Crippen molar-refractivity contribution in [2.24, 2.45) is 0 Å². The number of anilines is 1. The normalized spacial score (nSPS) is 14.2. The minimum Gasteiger partial charge on any atom is -0.444 e. The zero-order valence-corrected chi connectivity index (χ0v) is 18.9. The van der Waals surface area contributed by atoms with Crippen LogP contribution in [-0.2, 0) is 4.74 Å². The van der Waals surface area contributed by atoms with E-state index in [2.05, 4.69) is 37.9 Å². The highest BCUT2D eigenvalue weighted by Gasteiger charge is 2.27. The van der Waals surface area contributed by atoms with Gasteiger partial charge in [-0.25, -0.2) is 4.79 Å². The molecule has 1 amide bonds. The van der Waals surface area contributed by atoms with Gasteiger partial charge in [-0.05, 0) is 69.9 Å². The first-order valence-corrected chi connectivity index (χ1v) is 10.9. The van der Waals surface area contributed by atoms with E-state index in [9.17, 15) is 10.1 Å². The average molecular weight is 466 g/mol. The van der Waals surface area contributed by atoms with Crippen molar-refractivity contribution in [3.8, 4) is 17.3 Å². The molecule has 0 spiro atoms. The molecular formula is C24H24BrN3O2. The standard InChI is InChI=1S/C24H24BrN3O2/c1-24(2,3)30-23(29)27-17-10-7-15(8-11-17)22-20(14-26)19-12-9-16(25)13-21(19)28(22)18-5-4-6-18/h7-13,18H,4-6H2,1-3H3,(H,27,29). The first kappa shape index (κ1) is 20.5. The van der Waals surface area contributed by atoms with E-state index in [-0.39, 0.29) is 0 Å². The third kappa shape index (κ3) is 3.95. The monoisotopic (exact) mass is 465 g/mol. The van der Waals surface area contributed by atoms with Crippen molar-refractivity contribution in [2.45, 2.75) is 51.7 Å². The van der Waals surface area contributed by atoms with Gasteiger partial charge in [0, 0.05) is 21.6 Å². The summed E-state index contributed by atoms with van der Waals surface area (Å²) in [5.74, 6) is 0. The number of fused-ring (bicyclic) bond motifs is 1. The van der Waals surface area contributed by atoms with Gasteiger partial charge in [-0.1, -0.05) is 34.1 Å². The van der Waals surface area contributed by atoms with Crippen LogP contribution in [0.25, 0.3) is 22.2 Å². The van der Waals surface area contributed by atoms with E-state index < -0.39 is 11.7 Å². The fourth-order valence-electron chi connectivity index (χ4n) is 3.84. The highest BCUT2D eigenvalue weighted by atomic mass is 79.9. The molecule has 0 atom stereocenters. The van der Waals surface area contributed by atoms with E-state index in [0.717, 1.165) is 39.5 Å². The van der Waals surface area contributed by atoms with E-state index >= 15 is 0 Å². The Morgan fingerprint density at radius 2 is 1.90 bits per heavy atom. The molecule has 1 heterocycles. The number of carbonyl (C=O) groups is 1. The third-order valence-electron chi connectivity index (χ3n) is 5.32. The third-order valence-corrected chi connectivity index (χ3v) is 5.81. The lowest BCUT2D eigenvalue weighted by molar-refractivity contribution is 0.0636. The second-order valence-electron chi connectivity index (χ2n) is 8.66. The van der Waals surface area contributed by atoms with Crippen molar-refractivity contribution in [2.75, 3.05) is 5.32 Å². The number of hydrogen-bond acceptors (Lipinski definition) is 3. The Labute approximate surface area is 184 Å². The minimum atomic E-state index is -0.552. The molecule has 4 rings (SSSR count). The number of nitrogens with zero attached hydrogens (tertiary/aromatic N) is 2. The number of nitrogens with one attached hydrogen (secondary N) is 1. The van der Waals surface area contributed by atoms with Crippen LogP contribution in [-0.4, -0.2) is 16.3 Å². The van der Waals surface area contributed by atoms with Gasteiger partial charge in [0.1, 0.15) is 11.7 Å². The van der Waals surface area contributed by atoms with Gasteiger partial charge in [0.05, 0.1) is 16.8 Å². The predicted molar refractivity (Wildman–Crippen MR) is 123 cm³/mol. The lowest BCUT2D eigenvalue weighted by Gasteiger charge is -2.30. The maximum atomic E-state index is 12.0. The van der Waals surface area contributed by atoms with Gasteiger partial charge in [0.15, 0.2) is 0 Å². The summed E-state index contributed by atoms with van der Waals surface area (Å²) in [4.78, 5) is 12.0. The van der Waals surface area contributed by atoms with Gasteiger partial charge in [-0.3, -0.25) is 5.32 Å². The number of ether oxygens (including phenoxy) is 1. The summed E-state index contributed by atoms with van der Waals surface area (Å²) in [7, 11) is 0. The fraction of sp³-hybridized carbons (Fsp3) is 0.333. The Kier molecular flexibility index (Phi) is 5.33. The van der Waals surface area contributed by atoms with Crippen LogP contribution in [0.4, 0.5) is 10.5 Å². The number of aromatic nitrogens is 1. The van der Waals surface area contributed by atoms with Crippen molar-refractivity contribution in [1.29, 1.82) is 5.26 Å². The summed E-state index contributed by atoms with van der Waals surface area (Å²) in [6, 6.07) is 16.5. The topological polar surface area (TPSA) is 67.0 Å². The second-order valence-corrected chi connectivity index (χ2v) is 9.57. The second kappa shape index (κ2) is 7.81. The highest BCUT2D eigenvalue weighted by Crippen LogP contribution is 2.43.